The molecule has 0 saturated carbocycles. The number of aromatic nitrogens is 1. The van der Waals surface area contributed by atoms with E-state index in [1.54, 1.807) is 11.5 Å². The van der Waals surface area contributed by atoms with E-state index in [0.717, 1.165) is 5.84 Å². The zero-order valence-electron chi connectivity index (χ0n) is 7.19. The summed E-state index contributed by atoms with van der Waals surface area (Å²) in [5.41, 5.74) is 1.27. The number of nitrogens with one attached hydrogen (secondary N) is 1. The highest BCUT2D eigenvalue weighted by Crippen LogP contribution is 2.35. The van der Waals surface area contributed by atoms with Crippen LogP contribution in [-0.2, 0) is 0 Å². The quantitative estimate of drug-likeness (QED) is 0.676. The molecule has 1 N–H and O–H groups in total. The molecule has 0 bridgehead atoms. The minimum atomic E-state index is 0.263. The summed E-state index contributed by atoms with van der Waals surface area (Å²) >= 11 is 1.54. The van der Waals surface area contributed by atoms with Crippen molar-refractivity contribution in [2.45, 2.75) is 19.0 Å². The highest BCUT2D eigenvalue weighted by molar-refractivity contribution is 7.06. The molecule has 2 heterocycles. The smallest absolute Gasteiger partial charge is 0.104 e. The molecule has 3 nitrogen and oxygen atoms in total. The lowest BCUT2D eigenvalue weighted by atomic mass is 9.97. The molecule has 2 aliphatic rings. The van der Waals surface area contributed by atoms with Crippen LogP contribution in [0.25, 0.3) is 6.08 Å². The second kappa shape index (κ2) is 2.42. The van der Waals surface area contributed by atoms with Gasteiger partial charge in [0.15, 0.2) is 0 Å². The Labute approximate surface area is 80.4 Å². The minimum absolute atomic E-state index is 0.263. The predicted molar refractivity (Wildman–Crippen MR) is 53.9 cm³/mol. The van der Waals surface area contributed by atoms with Crippen molar-refractivity contribution in [3.63, 3.8) is 0 Å². The monoisotopic (exact) mass is 191 g/mol. The maximum atomic E-state index is 4.54. The van der Waals surface area contributed by atoms with E-state index in [0.29, 0.717) is 6.04 Å². The van der Waals surface area contributed by atoms with Crippen molar-refractivity contribution in [3.8, 4) is 0 Å². The van der Waals surface area contributed by atoms with Crippen LogP contribution in [0, 0.1) is 0 Å². The Morgan fingerprint density at radius 1 is 1.54 bits per heavy atom. The van der Waals surface area contributed by atoms with Crippen molar-refractivity contribution in [2.75, 3.05) is 0 Å². The van der Waals surface area contributed by atoms with Gasteiger partial charge in [-0.1, -0.05) is 6.08 Å². The van der Waals surface area contributed by atoms with Gasteiger partial charge in [-0.3, -0.25) is 4.99 Å². The number of aliphatic imine (C=N–C) groups is 1. The first-order chi connectivity index (χ1) is 6.34. The second-order valence-corrected chi connectivity index (χ2v) is 4.17. The topological polar surface area (TPSA) is 37.3 Å². The van der Waals surface area contributed by atoms with E-state index in [9.17, 15) is 0 Å². The van der Waals surface area contributed by atoms with Crippen LogP contribution in [0.5, 0.6) is 0 Å². The van der Waals surface area contributed by atoms with Gasteiger partial charge in [-0.15, -0.1) is 0 Å². The molecule has 0 saturated heterocycles. The standard InChI is InChI=1S/C9H9N3S/c1-5-11-7-2-3-8-6(4-10-13-8)9(7)12-5/h2-4,7,9H,1H3,(H,11,12). The normalized spacial score (nSPS) is 29.2. The van der Waals surface area contributed by atoms with E-state index in [-0.39, 0.29) is 6.04 Å². The van der Waals surface area contributed by atoms with Crippen molar-refractivity contribution in [2.24, 2.45) is 4.99 Å². The van der Waals surface area contributed by atoms with Gasteiger partial charge in [-0.25, -0.2) is 4.37 Å². The summed E-state index contributed by atoms with van der Waals surface area (Å²) in [5, 5.41) is 3.33. The molecule has 0 fully saturated rings. The van der Waals surface area contributed by atoms with Gasteiger partial charge in [0.05, 0.1) is 16.8 Å². The number of hydrogen-bond donors (Lipinski definition) is 1. The Morgan fingerprint density at radius 2 is 2.46 bits per heavy atom. The molecular formula is C9H9N3S. The summed E-state index contributed by atoms with van der Waals surface area (Å²) in [6.45, 7) is 2.01. The summed E-state index contributed by atoms with van der Waals surface area (Å²) in [7, 11) is 0. The maximum absolute atomic E-state index is 4.54. The molecule has 3 rings (SSSR count). The molecule has 1 aliphatic heterocycles. The average Bonchev–Trinajstić information content (AvgIpc) is 2.65. The zero-order valence-corrected chi connectivity index (χ0v) is 8.01. The molecule has 0 aromatic carbocycles. The van der Waals surface area contributed by atoms with Crippen LogP contribution in [0.2, 0.25) is 0 Å². The number of amidine groups is 1. The number of rotatable bonds is 0. The Balaban J connectivity index is 2.13. The van der Waals surface area contributed by atoms with Gasteiger partial charge in [0.25, 0.3) is 0 Å². The van der Waals surface area contributed by atoms with Crippen LogP contribution in [-0.4, -0.2) is 16.3 Å². The summed E-state index contributed by atoms with van der Waals surface area (Å²) in [6.07, 6.45) is 6.24. The van der Waals surface area contributed by atoms with Crippen molar-refractivity contribution in [3.05, 3.63) is 22.7 Å². The largest absolute Gasteiger partial charge is 0.365 e. The lowest BCUT2D eigenvalue weighted by Gasteiger charge is -2.17. The van der Waals surface area contributed by atoms with E-state index in [2.05, 4.69) is 26.8 Å². The van der Waals surface area contributed by atoms with Crippen LogP contribution in [0.4, 0.5) is 0 Å². The SMILES string of the molecule is CC1=NC2c3cnsc3C=CC2N1. The van der Waals surface area contributed by atoms with Crippen LogP contribution in [0.15, 0.2) is 17.3 Å². The minimum Gasteiger partial charge on any atom is -0.365 e. The Kier molecular flexibility index (Phi) is 1.35. The van der Waals surface area contributed by atoms with Gasteiger partial charge >= 0.3 is 0 Å². The number of nitrogens with zero attached hydrogens (tertiary/aromatic N) is 2. The molecule has 1 aromatic rings. The predicted octanol–water partition coefficient (Wildman–Crippen LogP) is 1.60. The number of hydrogen-bond acceptors (Lipinski definition) is 4. The average molecular weight is 191 g/mol. The maximum Gasteiger partial charge on any atom is 0.104 e. The van der Waals surface area contributed by atoms with E-state index in [4.69, 9.17) is 0 Å². The van der Waals surface area contributed by atoms with Crippen molar-refractivity contribution < 1.29 is 0 Å². The summed E-state index contributed by atoms with van der Waals surface area (Å²) < 4.78 is 4.18. The van der Waals surface area contributed by atoms with Gasteiger partial charge in [0, 0.05) is 11.8 Å². The summed E-state index contributed by atoms with van der Waals surface area (Å²) in [5.74, 6) is 1.03. The van der Waals surface area contributed by atoms with Crippen LogP contribution < -0.4 is 5.32 Å². The Morgan fingerprint density at radius 3 is 3.38 bits per heavy atom. The Hall–Kier alpha value is -1.16. The third-order valence-corrected chi connectivity index (χ3v) is 3.23. The third-order valence-electron chi connectivity index (χ3n) is 2.45. The molecule has 1 aliphatic carbocycles. The zero-order chi connectivity index (χ0) is 8.84. The van der Waals surface area contributed by atoms with Gasteiger partial charge in [0.2, 0.25) is 0 Å². The first kappa shape index (κ1) is 7.26. The molecule has 66 valence electrons. The van der Waals surface area contributed by atoms with E-state index >= 15 is 0 Å². The number of fused-ring (bicyclic) bond motifs is 3. The van der Waals surface area contributed by atoms with Gasteiger partial charge in [-0.05, 0) is 24.5 Å². The van der Waals surface area contributed by atoms with Crippen molar-refractivity contribution in [1.82, 2.24) is 9.69 Å². The molecule has 1 aromatic heterocycles. The Bertz CT molecular complexity index is 405. The van der Waals surface area contributed by atoms with Crippen molar-refractivity contribution >= 4 is 23.4 Å². The molecule has 0 amide bonds. The first-order valence-electron chi connectivity index (χ1n) is 4.28. The molecule has 0 spiro atoms. The lowest BCUT2D eigenvalue weighted by molar-refractivity contribution is 0.635. The van der Waals surface area contributed by atoms with Gasteiger partial charge in [0.1, 0.15) is 6.04 Å². The summed E-state index contributed by atoms with van der Waals surface area (Å²) in [6, 6.07) is 0.614. The van der Waals surface area contributed by atoms with E-state index < -0.39 is 0 Å². The van der Waals surface area contributed by atoms with Crippen LogP contribution >= 0.6 is 11.5 Å². The lowest BCUT2D eigenvalue weighted by Crippen LogP contribution is -2.29. The van der Waals surface area contributed by atoms with Crippen LogP contribution in [0.1, 0.15) is 23.4 Å². The molecule has 2 atom stereocenters. The van der Waals surface area contributed by atoms with E-state index in [1.165, 1.54) is 10.4 Å². The molecule has 0 radical (unpaired) electrons. The molecular weight excluding hydrogens is 182 g/mol. The highest BCUT2D eigenvalue weighted by Gasteiger charge is 2.31. The van der Waals surface area contributed by atoms with Crippen molar-refractivity contribution in [1.29, 1.82) is 0 Å². The second-order valence-electron chi connectivity index (χ2n) is 3.33. The van der Waals surface area contributed by atoms with Gasteiger partial charge in [-0.2, -0.15) is 0 Å². The molecule has 4 heteroatoms. The molecule has 13 heavy (non-hydrogen) atoms. The highest BCUT2D eigenvalue weighted by atomic mass is 32.1. The van der Waals surface area contributed by atoms with Gasteiger partial charge < -0.3 is 5.32 Å². The van der Waals surface area contributed by atoms with Crippen LogP contribution in [0.3, 0.4) is 0 Å². The molecule has 2 unspecified atom stereocenters. The summed E-state index contributed by atoms with van der Waals surface area (Å²) in [4.78, 5) is 5.80. The fourth-order valence-corrected chi connectivity index (χ4v) is 2.56. The first-order valence-corrected chi connectivity index (χ1v) is 5.05. The fourth-order valence-electron chi connectivity index (χ4n) is 1.86. The van der Waals surface area contributed by atoms with E-state index in [1.807, 2.05) is 13.1 Å². The third kappa shape index (κ3) is 0.951. The fraction of sp³-hybridized carbons (Fsp3) is 0.333.